The third kappa shape index (κ3) is 3.57. The summed E-state index contributed by atoms with van der Waals surface area (Å²) in [4.78, 5) is 3.91. The number of nitrogens with zero attached hydrogens (tertiary/aromatic N) is 1. The molecule has 0 spiro atoms. The maximum absolute atomic E-state index is 12.2. The quantitative estimate of drug-likeness (QED) is 0.796. The van der Waals surface area contributed by atoms with Crippen LogP contribution in [-0.4, -0.2) is 13.4 Å². The van der Waals surface area contributed by atoms with Crippen LogP contribution in [0, 0.1) is 0 Å². The maximum atomic E-state index is 12.2. The van der Waals surface area contributed by atoms with E-state index in [1.54, 1.807) is 24.3 Å². The molecular weight excluding hydrogens is 410 g/mol. The zero-order chi connectivity index (χ0) is 14.8. The minimum Gasteiger partial charge on any atom is -0.326 e. The van der Waals surface area contributed by atoms with Crippen LogP contribution in [0.2, 0.25) is 0 Å². The predicted molar refractivity (Wildman–Crippen MR) is 84.8 cm³/mol. The minimum atomic E-state index is -3.72. The molecule has 0 fully saturated rings. The SMILES string of the molecule is NCc1ccc(S(=O)(=O)Nc2ccc(Br)cc2Br)nc1. The van der Waals surface area contributed by atoms with Crippen LogP contribution in [0.5, 0.6) is 0 Å². The first kappa shape index (κ1) is 15.4. The van der Waals surface area contributed by atoms with Gasteiger partial charge in [0.05, 0.1) is 5.69 Å². The molecule has 2 rings (SSSR count). The highest BCUT2D eigenvalue weighted by molar-refractivity contribution is 9.11. The lowest BCUT2D eigenvalue weighted by Gasteiger charge is -2.09. The number of benzene rings is 1. The average Bonchev–Trinajstić information content (AvgIpc) is 2.42. The second kappa shape index (κ2) is 6.21. The van der Waals surface area contributed by atoms with Crippen molar-refractivity contribution in [3.05, 3.63) is 51.0 Å². The Bertz CT molecular complexity index is 718. The van der Waals surface area contributed by atoms with E-state index >= 15 is 0 Å². The van der Waals surface area contributed by atoms with Gasteiger partial charge in [0.25, 0.3) is 10.0 Å². The van der Waals surface area contributed by atoms with Gasteiger partial charge in [-0.05, 0) is 45.8 Å². The Kier molecular flexibility index (Phi) is 4.79. The fourth-order valence-corrected chi connectivity index (χ4v) is 3.75. The van der Waals surface area contributed by atoms with E-state index in [1.807, 2.05) is 0 Å². The predicted octanol–water partition coefficient (Wildman–Crippen LogP) is 2.87. The van der Waals surface area contributed by atoms with Crippen molar-refractivity contribution >= 4 is 47.6 Å². The number of sulfonamides is 1. The molecule has 0 atom stereocenters. The van der Waals surface area contributed by atoms with Crippen molar-refractivity contribution in [1.82, 2.24) is 4.98 Å². The number of nitrogens with one attached hydrogen (secondary N) is 1. The van der Waals surface area contributed by atoms with Crippen LogP contribution < -0.4 is 10.5 Å². The maximum Gasteiger partial charge on any atom is 0.279 e. The second-order valence-electron chi connectivity index (χ2n) is 3.94. The molecule has 5 nitrogen and oxygen atoms in total. The van der Waals surface area contributed by atoms with Gasteiger partial charge in [-0.2, -0.15) is 8.42 Å². The zero-order valence-corrected chi connectivity index (χ0v) is 14.2. The highest BCUT2D eigenvalue weighted by Gasteiger charge is 2.17. The van der Waals surface area contributed by atoms with Gasteiger partial charge in [-0.15, -0.1) is 0 Å². The van der Waals surface area contributed by atoms with Crippen LogP contribution in [0.25, 0.3) is 0 Å². The summed E-state index contributed by atoms with van der Waals surface area (Å²) >= 11 is 6.61. The van der Waals surface area contributed by atoms with Crippen molar-refractivity contribution in [3.8, 4) is 0 Å². The molecule has 0 amide bonds. The van der Waals surface area contributed by atoms with E-state index in [1.165, 1.54) is 12.3 Å². The zero-order valence-electron chi connectivity index (χ0n) is 10.2. The number of aromatic nitrogens is 1. The van der Waals surface area contributed by atoms with Crippen molar-refractivity contribution in [2.24, 2.45) is 5.73 Å². The van der Waals surface area contributed by atoms with E-state index in [9.17, 15) is 8.42 Å². The summed E-state index contributed by atoms with van der Waals surface area (Å²) < 4.78 is 28.4. The van der Waals surface area contributed by atoms with E-state index in [0.29, 0.717) is 16.7 Å². The monoisotopic (exact) mass is 419 g/mol. The molecule has 0 unspecified atom stereocenters. The van der Waals surface area contributed by atoms with Crippen LogP contribution >= 0.6 is 31.9 Å². The van der Waals surface area contributed by atoms with Crippen LogP contribution in [0.1, 0.15) is 5.56 Å². The molecule has 106 valence electrons. The second-order valence-corrected chi connectivity index (χ2v) is 7.34. The fraction of sp³-hybridized carbons (Fsp3) is 0.0833. The number of halogens is 2. The van der Waals surface area contributed by atoms with E-state index in [4.69, 9.17) is 5.73 Å². The van der Waals surface area contributed by atoms with Gasteiger partial charge in [-0.25, -0.2) is 4.98 Å². The van der Waals surface area contributed by atoms with Crippen LogP contribution in [0.3, 0.4) is 0 Å². The van der Waals surface area contributed by atoms with E-state index in [2.05, 4.69) is 41.6 Å². The molecule has 0 saturated heterocycles. The molecule has 0 aliphatic heterocycles. The summed E-state index contributed by atoms with van der Waals surface area (Å²) in [6.45, 7) is 0.318. The smallest absolute Gasteiger partial charge is 0.279 e. The lowest BCUT2D eigenvalue weighted by molar-refractivity contribution is 0.597. The van der Waals surface area contributed by atoms with E-state index in [0.717, 1.165) is 10.0 Å². The third-order valence-corrected chi connectivity index (χ3v) is 4.91. The molecule has 0 bridgehead atoms. The highest BCUT2D eigenvalue weighted by Crippen LogP contribution is 2.27. The summed E-state index contributed by atoms with van der Waals surface area (Å²) in [6.07, 6.45) is 1.45. The standard InChI is InChI=1S/C12H11Br2N3O2S/c13-9-2-3-11(10(14)5-9)17-20(18,19)12-4-1-8(6-15)7-16-12/h1-5,7,17H,6,15H2. The lowest BCUT2D eigenvalue weighted by Crippen LogP contribution is -2.15. The summed E-state index contributed by atoms with van der Waals surface area (Å²) in [6, 6.07) is 8.21. The number of pyridine rings is 1. The lowest BCUT2D eigenvalue weighted by atomic mass is 10.3. The van der Waals surface area contributed by atoms with Crippen molar-refractivity contribution in [2.75, 3.05) is 4.72 Å². The fourth-order valence-electron chi connectivity index (χ4n) is 1.46. The molecule has 8 heteroatoms. The topological polar surface area (TPSA) is 85.1 Å². The molecule has 0 aliphatic rings. The van der Waals surface area contributed by atoms with Gasteiger partial charge in [-0.3, -0.25) is 4.72 Å². The van der Waals surface area contributed by atoms with E-state index < -0.39 is 10.0 Å². The molecule has 20 heavy (non-hydrogen) atoms. The Morgan fingerprint density at radius 1 is 1.20 bits per heavy atom. The Balaban J connectivity index is 2.30. The van der Waals surface area contributed by atoms with Crippen LogP contribution in [-0.2, 0) is 16.6 Å². The summed E-state index contributed by atoms with van der Waals surface area (Å²) in [5, 5.41) is -0.0514. The first-order valence-corrected chi connectivity index (χ1v) is 8.62. The van der Waals surface area contributed by atoms with Crippen LogP contribution in [0.15, 0.2) is 50.5 Å². The van der Waals surface area contributed by atoms with Crippen molar-refractivity contribution in [3.63, 3.8) is 0 Å². The molecule has 0 radical (unpaired) electrons. The Morgan fingerprint density at radius 2 is 1.95 bits per heavy atom. The largest absolute Gasteiger partial charge is 0.326 e. The molecular formula is C12H11Br2N3O2S. The Morgan fingerprint density at radius 3 is 2.50 bits per heavy atom. The molecule has 2 aromatic rings. The Labute approximate surface area is 133 Å². The van der Waals surface area contributed by atoms with Gasteiger partial charge in [0.1, 0.15) is 0 Å². The van der Waals surface area contributed by atoms with Gasteiger partial charge in [-0.1, -0.05) is 22.0 Å². The summed E-state index contributed by atoms with van der Waals surface area (Å²) in [5.41, 5.74) is 6.67. The highest BCUT2D eigenvalue weighted by atomic mass is 79.9. The normalized spacial score (nSPS) is 11.3. The summed E-state index contributed by atoms with van der Waals surface area (Å²) in [7, 11) is -3.72. The van der Waals surface area contributed by atoms with Gasteiger partial charge < -0.3 is 5.73 Å². The number of anilines is 1. The van der Waals surface area contributed by atoms with Gasteiger partial charge in [0.15, 0.2) is 5.03 Å². The van der Waals surface area contributed by atoms with Crippen molar-refractivity contribution in [2.45, 2.75) is 11.6 Å². The van der Waals surface area contributed by atoms with Gasteiger partial charge >= 0.3 is 0 Å². The molecule has 1 aromatic carbocycles. The number of rotatable bonds is 4. The molecule has 0 saturated carbocycles. The number of hydrogen-bond acceptors (Lipinski definition) is 4. The van der Waals surface area contributed by atoms with Crippen molar-refractivity contribution in [1.29, 1.82) is 0 Å². The number of hydrogen-bond donors (Lipinski definition) is 2. The molecule has 3 N–H and O–H groups in total. The molecule has 0 aliphatic carbocycles. The first-order chi connectivity index (χ1) is 9.42. The molecule has 1 aromatic heterocycles. The van der Waals surface area contributed by atoms with Crippen LogP contribution in [0.4, 0.5) is 5.69 Å². The van der Waals surface area contributed by atoms with Gasteiger partial charge in [0.2, 0.25) is 0 Å². The number of nitrogens with two attached hydrogens (primary N) is 1. The molecule has 1 heterocycles. The van der Waals surface area contributed by atoms with Crippen molar-refractivity contribution < 1.29 is 8.42 Å². The van der Waals surface area contributed by atoms with E-state index in [-0.39, 0.29) is 5.03 Å². The third-order valence-electron chi connectivity index (χ3n) is 2.48. The minimum absolute atomic E-state index is 0.0514. The van der Waals surface area contributed by atoms with Gasteiger partial charge in [0, 0.05) is 21.7 Å². The average molecular weight is 421 g/mol. The first-order valence-electron chi connectivity index (χ1n) is 5.55. The Hall–Kier alpha value is -0.960. The summed E-state index contributed by atoms with van der Waals surface area (Å²) in [5.74, 6) is 0.